The number of nitrogens with two attached hydrogens (primary N) is 1. The second-order valence-corrected chi connectivity index (χ2v) is 6.54. The standard InChI is InChI=1S/C15H13BrF2IN/c1-8-3-2-4-9(15(8)19)13(20)7-10-12(17)6-5-11(16)14(10)18/h2-6,13H,7,20H2,1H3. The monoisotopic (exact) mass is 451 g/mol. The normalized spacial score (nSPS) is 12.5. The highest BCUT2D eigenvalue weighted by molar-refractivity contribution is 14.1. The third-order valence-corrected chi connectivity index (χ3v) is 5.27. The van der Waals surface area contributed by atoms with E-state index in [0.717, 1.165) is 14.7 Å². The molecule has 106 valence electrons. The molecule has 0 aliphatic heterocycles. The summed E-state index contributed by atoms with van der Waals surface area (Å²) in [4.78, 5) is 0. The molecule has 0 aliphatic carbocycles. The van der Waals surface area contributed by atoms with Crippen LogP contribution in [0.25, 0.3) is 0 Å². The summed E-state index contributed by atoms with van der Waals surface area (Å²) in [6.45, 7) is 1.98. The Morgan fingerprint density at radius 1 is 1.25 bits per heavy atom. The van der Waals surface area contributed by atoms with E-state index in [-0.39, 0.29) is 16.5 Å². The van der Waals surface area contributed by atoms with Crippen LogP contribution >= 0.6 is 38.5 Å². The fourth-order valence-corrected chi connectivity index (χ4v) is 3.17. The topological polar surface area (TPSA) is 26.0 Å². The van der Waals surface area contributed by atoms with Crippen molar-refractivity contribution in [2.45, 2.75) is 19.4 Å². The molecule has 2 N–H and O–H groups in total. The van der Waals surface area contributed by atoms with Crippen LogP contribution in [0.4, 0.5) is 8.78 Å². The average molecular weight is 452 g/mol. The molecule has 20 heavy (non-hydrogen) atoms. The van der Waals surface area contributed by atoms with Gasteiger partial charge in [-0.2, -0.15) is 0 Å². The summed E-state index contributed by atoms with van der Waals surface area (Å²) in [6.07, 6.45) is 0.122. The van der Waals surface area contributed by atoms with Crippen molar-refractivity contribution in [1.29, 1.82) is 0 Å². The van der Waals surface area contributed by atoms with Crippen molar-refractivity contribution in [3.8, 4) is 0 Å². The smallest absolute Gasteiger partial charge is 0.143 e. The zero-order chi connectivity index (χ0) is 14.9. The van der Waals surface area contributed by atoms with Gasteiger partial charge in [-0.25, -0.2) is 8.78 Å². The minimum atomic E-state index is -0.580. The van der Waals surface area contributed by atoms with Crippen molar-refractivity contribution in [3.05, 3.63) is 66.7 Å². The Morgan fingerprint density at radius 3 is 2.65 bits per heavy atom. The maximum Gasteiger partial charge on any atom is 0.143 e. The van der Waals surface area contributed by atoms with E-state index in [1.807, 2.05) is 25.1 Å². The van der Waals surface area contributed by atoms with Crippen LogP contribution in [-0.2, 0) is 6.42 Å². The molecule has 5 heteroatoms. The second kappa shape index (κ2) is 6.49. The van der Waals surface area contributed by atoms with Crippen molar-refractivity contribution in [1.82, 2.24) is 0 Å². The quantitative estimate of drug-likeness (QED) is 0.522. The van der Waals surface area contributed by atoms with E-state index in [1.165, 1.54) is 12.1 Å². The lowest BCUT2D eigenvalue weighted by Crippen LogP contribution is -2.17. The summed E-state index contributed by atoms with van der Waals surface area (Å²) in [7, 11) is 0. The van der Waals surface area contributed by atoms with E-state index in [2.05, 4.69) is 38.5 Å². The lowest BCUT2D eigenvalue weighted by atomic mass is 9.98. The zero-order valence-electron chi connectivity index (χ0n) is 10.8. The van der Waals surface area contributed by atoms with Gasteiger partial charge in [-0.05, 0) is 75.1 Å². The highest BCUT2D eigenvalue weighted by Crippen LogP contribution is 2.28. The maximum atomic E-state index is 14.0. The first kappa shape index (κ1) is 15.9. The fourth-order valence-electron chi connectivity index (χ4n) is 2.04. The van der Waals surface area contributed by atoms with Crippen molar-refractivity contribution < 1.29 is 8.78 Å². The SMILES string of the molecule is Cc1cccc(C(N)Cc2c(F)ccc(Br)c2F)c1I. The highest BCUT2D eigenvalue weighted by Gasteiger charge is 2.18. The molecule has 2 aromatic rings. The van der Waals surface area contributed by atoms with E-state index in [1.54, 1.807) is 0 Å². The predicted octanol–water partition coefficient (Wildman–Crippen LogP) is 4.88. The van der Waals surface area contributed by atoms with E-state index in [9.17, 15) is 8.78 Å². The number of hydrogen-bond donors (Lipinski definition) is 1. The van der Waals surface area contributed by atoms with Gasteiger partial charge < -0.3 is 5.73 Å². The van der Waals surface area contributed by atoms with E-state index < -0.39 is 17.7 Å². The molecule has 0 aliphatic rings. The third kappa shape index (κ3) is 3.20. The molecule has 0 spiro atoms. The molecule has 0 fully saturated rings. The van der Waals surface area contributed by atoms with Crippen LogP contribution in [0, 0.1) is 22.1 Å². The Kier molecular flexibility index (Phi) is 5.14. The largest absolute Gasteiger partial charge is 0.324 e. The van der Waals surface area contributed by atoms with Crippen LogP contribution in [0.3, 0.4) is 0 Å². The van der Waals surface area contributed by atoms with E-state index in [4.69, 9.17) is 5.73 Å². The minimum Gasteiger partial charge on any atom is -0.324 e. The molecule has 0 saturated heterocycles. The van der Waals surface area contributed by atoms with Crippen LogP contribution in [0.1, 0.15) is 22.7 Å². The Labute approximate surface area is 138 Å². The molecule has 0 amide bonds. The van der Waals surface area contributed by atoms with Gasteiger partial charge in [-0.1, -0.05) is 18.2 Å². The molecular weight excluding hydrogens is 439 g/mol. The van der Waals surface area contributed by atoms with Gasteiger partial charge in [0, 0.05) is 15.2 Å². The van der Waals surface area contributed by atoms with Crippen molar-refractivity contribution in [2.75, 3.05) is 0 Å². The number of aryl methyl sites for hydroxylation is 1. The molecule has 0 radical (unpaired) electrons. The van der Waals surface area contributed by atoms with Crippen molar-refractivity contribution in [2.24, 2.45) is 5.73 Å². The molecule has 0 aromatic heterocycles. The van der Waals surface area contributed by atoms with Crippen molar-refractivity contribution >= 4 is 38.5 Å². The van der Waals surface area contributed by atoms with E-state index >= 15 is 0 Å². The summed E-state index contributed by atoms with van der Waals surface area (Å²) in [5.41, 5.74) is 8.16. The van der Waals surface area contributed by atoms with Gasteiger partial charge in [0.2, 0.25) is 0 Å². The van der Waals surface area contributed by atoms with Gasteiger partial charge in [0.1, 0.15) is 11.6 Å². The number of benzene rings is 2. The summed E-state index contributed by atoms with van der Waals surface area (Å²) >= 11 is 5.28. The third-order valence-electron chi connectivity index (χ3n) is 3.18. The molecule has 1 nitrogen and oxygen atoms in total. The van der Waals surface area contributed by atoms with Gasteiger partial charge >= 0.3 is 0 Å². The highest BCUT2D eigenvalue weighted by atomic mass is 127. The number of hydrogen-bond acceptors (Lipinski definition) is 1. The van der Waals surface area contributed by atoms with Gasteiger partial charge in [0.05, 0.1) is 4.47 Å². The summed E-state index contributed by atoms with van der Waals surface area (Å²) < 4.78 is 29.0. The molecule has 0 heterocycles. The van der Waals surface area contributed by atoms with Crippen LogP contribution in [-0.4, -0.2) is 0 Å². The predicted molar refractivity (Wildman–Crippen MR) is 88.6 cm³/mol. The van der Waals surface area contributed by atoms with Gasteiger partial charge in [0.15, 0.2) is 0 Å². The van der Waals surface area contributed by atoms with Crippen LogP contribution in [0.15, 0.2) is 34.8 Å². The summed E-state index contributed by atoms with van der Waals surface area (Å²) in [5.74, 6) is -1.15. The van der Waals surface area contributed by atoms with Crippen molar-refractivity contribution in [3.63, 3.8) is 0 Å². The fraction of sp³-hybridized carbons (Fsp3) is 0.200. The van der Waals surface area contributed by atoms with E-state index in [0.29, 0.717) is 0 Å². The first-order chi connectivity index (χ1) is 9.41. The summed E-state index contributed by atoms with van der Waals surface area (Å²) in [6, 6.07) is 7.94. The minimum absolute atomic E-state index is 0.0178. The zero-order valence-corrected chi connectivity index (χ0v) is 14.5. The molecule has 2 aromatic carbocycles. The molecule has 1 atom stereocenters. The Balaban J connectivity index is 2.35. The summed E-state index contributed by atoms with van der Waals surface area (Å²) in [5, 5.41) is 0. The molecular formula is C15H13BrF2IN. The first-order valence-corrected chi connectivity index (χ1v) is 7.92. The number of rotatable bonds is 3. The molecule has 2 rings (SSSR count). The van der Waals surface area contributed by atoms with Gasteiger partial charge in [0.25, 0.3) is 0 Å². The number of halogens is 4. The van der Waals surface area contributed by atoms with Gasteiger partial charge in [-0.15, -0.1) is 0 Å². The Morgan fingerprint density at radius 2 is 1.95 bits per heavy atom. The lowest BCUT2D eigenvalue weighted by molar-refractivity contribution is 0.535. The molecule has 1 unspecified atom stereocenters. The first-order valence-electron chi connectivity index (χ1n) is 6.04. The Bertz CT molecular complexity index is 646. The molecule has 0 bridgehead atoms. The van der Waals surface area contributed by atoms with Crippen LogP contribution in [0.5, 0.6) is 0 Å². The second-order valence-electron chi connectivity index (χ2n) is 4.61. The maximum absolute atomic E-state index is 14.0. The lowest BCUT2D eigenvalue weighted by Gasteiger charge is -2.16. The van der Waals surface area contributed by atoms with Crippen LogP contribution in [0.2, 0.25) is 0 Å². The molecule has 0 saturated carbocycles. The average Bonchev–Trinajstić information content (AvgIpc) is 2.42. The van der Waals surface area contributed by atoms with Crippen LogP contribution < -0.4 is 5.73 Å². The van der Waals surface area contributed by atoms with Gasteiger partial charge in [-0.3, -0.25) is 0 Å². The Hall–Kier alpha value is -0.530.